The first-order valence-electron chi connectivity index (χ1n) is 8.79. The highest BCUT2D eigenvalue weighted by Gasteiger charge is 2.25. The second-order valence-corrected chi connectivity index (χ2v) is 7.41. The fourth-order valence-corrected chi connectivity index (χ4v) is 4.13. The summed E-state index contributed by atoms with van der Waals surface area (Å²) in [4.78, 5) is 29.6. The molecule has 0 unspecified atom stereocenters. The number of hydrogen-bond acceptors (Lipinski definition) is 3. The minimum Gasteiger partial charge on any atom is -0.339 e. The van der Waals surface area contributed by atoms with Crippen LogP contribution >= 0.6 is 11.3 Å². The predicted molar refractivity (Wildman–Crippen MR) is 104 cm³/mol. The van der Waals surface area contributed by atoms with Gasteiger partial charge in [0.25, 0.3) is 5.91 Å². The van der Waals surface area contributed by atoms with Crippen LogP contribution in [-0.2, 0) is 11.2 Å². The van der Waals surface area contributed by atoms with Gasteiger partial charge in [0.05, 0.1) is 11.3 Å². The van der Waals surface area contributed by atoms with Crippen molar-refractivity contribution in [2.24, 2.45) is 0 Å². The van der Waals surface area contributed by atoms with Crippen molar-refractivity contribution < 1.29 is 9.59 Å². The summed E-state index contributed by atoms with van der Waals surface area (Å²) in [5.41, 5.74) is 1.06. The minimum atomic E-state index is 0.0705. The van der Waals surface area contributed by atoms with Crippen molar-refractivity contribution in [3.63, 3.8) is 0 Å². The van der Waals surface area contributed by atoms with E-state index in [4.69, 9.17) is 0 Å². The second-order valence-electron chi connectivity index (χ2n) is 6.47. The lowest BCUT2D eigenvalue weighted by molar-refractivity contribution is -0.131. The van der Waals surface area contributed by atoms with Crippen molar-refractivity contribution in [3.8, 4) is 0 Å². The molecular formula is C21H20N2O2S. The van der Waals surface area contributed by atoms with Crippen LogP contribution in [0, 0.1) is 0 Å². The smallest absolute Gasteiger partial charge is 0.264 e. The van der Waals surface area contributed by atoms with E-state index in [1.165, 1.54) is 11.3 Å². The van der Waals surface area contributed by atoms with Gasteiger partial charge in [0.2, 0.25) is 5.91 Å². The number of thiophene rings is 1. The summed E-state index contributed by atoms with van der Waals surface area (Å²) in [5, 5.41) is 4.20. The monoisotopic (exact) mass is 364 g/mol. The SMILES string of the molecule is O=C(Cc1cccc2ccccc12)N1CCN(C(=O)c2cccs2)CC1. The summed E-state index contributed by atoms with van der Waals surface area (Å²) in [7, 11) is 0. The number of hydrogen-bond donors (Lipinski definition) is 0. The Kier molecular flexibility index (Phi) is 4.71. The van der Waals surface area contributed by atoms with Crippen LogP contribution in [0.4, 0.5) is 0 Å². The molecule has 0 atom stereocenters. The van der Waals surface area contributed by atoms with Gasteiger partial charge in [-0.3, -0.25) is 9.59 Å². The van der Waals surface area contributed by atoms with Crippen LogP contribution in [-0.4, -0.2) is 47.8 Å². The van der Waals surface area contributed by atoms with Crippen LogP contribution in [0.25, 0.3) is 10.8 Å². The van der Waals surface area contributed by atoms with E-state index in [2.05, 4.69) is 18.2 Å². The summed E-state index contributed by atoms with van der Waals surface area (Å²) in [6.07, 6.45) is 0.403. The molecule has 2 aromatic carbocycles. The Morgan fingerprint density at radius 3 is 2.35 bits per heavy atom. The summed E-state index contributed by atoms with van der Waals surface area (Å²) in [6.45, 7) is 2.39. The van der Waals surface area contributed by atoms with Gasteiger partial charge in [0.1, 0.15) is 0 Å². The maximum absolute atomic E-state index is 12.7. The van der Waals surface area contributed by atoms with Gasteiger partial charge in [0.15, 0.2) is 0 Å². The molecule has 0 spiro atoms. The third-order valence-corrected chi connectivity index (χ3v) is 5.73. The summed E-state index contributed by atoms with van der Waals surface area (Å²) in [5.74, 6) is 0.200. The highest BCUT2D eigenvalue weighted by molar-refractivity contribution is 7.12. The number of amides is 2. The minimum absolute atomic E-state index is 0.0705. The Morgan fingerprint density at radius 1 is 0.846 bits per heavy atom. The normalized spacial score (nSPS) is 14.6. The second kappa shape index (κ2) is 7.30. The van der Waals surface area contributed by atoms with E-state index in [0.717, 1.165) is 21.2 Å². The van der Waals surface area contributed by atoms with Crippen molar-refractivity contribution in [3.05, 3.63) is 70.4 Å². The van der Waals surface area contributed by atoms with Crippen LogP contribution in [0.2, 0.25) is 0 Å². The molecule has 0 saturated carbocycles. The van der Waals surface area contributed by atoms with Crippen molar-refractivity contribution in [1.29, 1.82) is 0 Å². The molecule has 132 valence electrons. The number of benzene rings is 2. The number of carbonyl (C=O) groups excluding carboxylic acids is 2. The van der Waals surface area contributed by atoms with Gasteiger partial charge < -0.3 is 9.80 Å². The van der Waals surface area contributed by atoms with Gasteiger partial charge in [-0.05, 0) is 27.8 Å². The molecule has 0 bridgehead atoms. The third kappa shape index (κ3) is 3.35. The fraction of sp³-hybridized carbons (Fsp3) is 0.238. The van der Waals surface area contributed by atoms with E-state index in [1.54, 1.807) is 0 Å². The van der Waals surface area contributed by atoms with Crippen molar-refractivity contribution in [2.75, 3.05) is 26.2 Å². The Bertz CT molecular complexity index is 923. The number of rotatable bonds is 3. The summed E-state index contributed by atoms with van der Waals surface area (Å²) < 4.78 is 0. The number of piperazine rings is 1. The molecule has 3 aromatic rings. The number of fused-ring (bicyclic) bond motifs is 1. The Balaban J connectivity index is 1.40. The van der Waals surface area contributed by atoms with E-state index < -0.39 is 0 Å². The molecule has 0 aliphatic carbocycles. The molecule has 4 rings (SSSR count). The topological polar surface area (TPSA) is 40.6 Å². The van der Waals surface area contributed by atoms with Crippen LogP contribution in [0.3, 0.4) is 0 Å². The first-order valence-corrected chi connectivity index (χ1v) is 9.67. The molecule has 1 fully saturated rings. The third-order valence-electron chi connectivity index (χ3n) is 4.87. The van der Waals surface area contributed by atoms with Crippen LogP contribution in [0.5, 0.6) is 0 Å². The molecule has 26 heavy (non-hydrogen) atoms. The maximum atomic E-state index is 12.7. The highest BCUT2D eigenvalue weighted by atomic mass is 32.1. The molecule has 1 aliphatic rings. The largest absolute Gasteiger partial charge is 0.339 e. The zero-order chi connectivity index (χ0) is 17.9. The first kappa shape index (κ1) is 16.8. The van der Waals surface area contributed by atoms with E-state index >= 15 is 0 Å². The van der Waals surface area contributed by atoms with E-state index in [-0.39, 0.29) is 11.8 Å². The summed E-state index contributed by atoms with van der Waals surface area (Å²) >= 11 is 1.46. The lowest BCUT2D eigenvalue weighted by Gasteiger charge is -2.34. The van der Waals surface area contributed by atoms with Crippen molar-refractivity contribution in [1.82, 2.24) is 9.80 Å². The molecular weight excluding hydrogens is 344 g/mol. The van der Waals surface area contributed by atoms with Gasteiger partial charge in [-0.2, -0.15) is 0 Å². The Hall–Kier alpha value is -2.66. The Morgan fingerprint density at radius 2 is 1.58 bits per heavy atom. The van der Waals surface area contributed by atoms with Crippen LogP contribution in [0.1, 0.15) is 15.2 Å². The number of nitrogens with zero attached hydrogens (tertiary/aromatic N) is 2. The summed E-state index contributed by atoms with van der Waals surface area (Å²) in [6, 6.07) is 18.0. The highest BCUT2D eigenvalue weighted by Crippen LogP contribution is 2.20. The molecule has 2 heterocycles. The zero-order valence-electron chi connectivity index (χ0n) is 14.4. The molecule has 0 radical (unpaired) electrons. The lowest BCUT2D eigenvalue weighted by atomic mass is 10.0. The molecule has 0 N–H and O–H groups in total. The maximum Gasteiger partial charge on any atom is 0.264 e. The Labute approximate surface area is 156 Å². The average Bonchev–Trinajstić information content (AvgIpc) is 3.23. The average molecular weight is 364 g/mol. The lowest BCUT2D eigenvalue weighted by Crippen LogP contribution is -2.50. The van der Waals surface area contributed by atoms with Gasteiger partial charge >= 0.3 is 0 Å². The number of carbonyl (C=O) groups is 2. The molecule has 1 aliphatic heterocycles. The molecule has 1 saturated heterocycles. The fourth-order valence-electron chi connectivity index (χ4n) is 3.44. The van der Waals surface area contributed by atoms with Gasteiger partial charge in [0, 0.05) is 26.2 Å². The first-order chi connectivity index (χ1) is 12.7. The van der Waals surface area contributed by atoms with Crippen LogP contribution in [0.15, 0.2) is 60.0 Å². The van der Waals surface area contributed by atoms with E-state index in [1.807, 2.05) is 51.6 Å². The molecule has 1 aromatic heterocycles. The van der Waals surface area contributed by atoms with Gasteiger partial charge in [-0.1, -0.05) is 48.5 Å². The molecule has 5 heteroatoms. The predicted octanol–water partition coefficient (Wildman–Crippen LogP) is 3.43. The van der Waals surface area contributed by atoms with Crippen molar-refractivity contribution in [2.45, 2.75) is 6.42 Å². The van der Waals surface area contributed by atoms with Gasteiger partial charge in [-0.25, -0.2) is 0 Å². The van der Waals surface area contributed by atoms with Gasteiger partial charge in [-0.15, -0.1) is 11.3 Å². The molecule has 2 amide bonds. The standard InChI is InChI=1S/C21H20N2O2S/c24-20(15-17-7-3-6-16-5-1-2-8-18(16)17)22-10-12-23(13-11-22)21(25)19-9-4-14-26-19/h1-9,14H,10-13,15H2. The van der Waals surface area contributed by atoms with Crippen LogP contribution < -0.4 is 0 Å². The quantitative estimate of drug-likeness (QED) is 0.714. The zero-order valence-corrected chi connectivity index (χ0v) is 15.2. The molecule has 4 nitrogen and oxygen atoms in total. The van der Waals surface area contributed by atoms with Crippen molar-refractivity contribution >= 4 is 33.9 Å². The van der Waals surface area contributed by atoms with E-state index in [0.29, 0.717) is 32.6 Å². The van der Waals surface area contributed by atoms with E-state index in [9.17, 15) is 9.59 Å².